The van der Waals surface area contributed by atoms with Crippen molar-refractivity contribution in [2.75, 3.05) is 39.3 Å². The summed E-state index contributed by atoms with van der Waals surface area (Å²) in [5.41, 5.74) is 2.17. The lowest BCUT2D eigenvalue weighted by atomic mass is 10.2. The van der Waals surface area contributed by atoms with Crippen LogP contribution in [0.1, 0.15) is 37.8 Å². The van der Waals surface area contributed by atoms with E-state index in [1.807, 2.05) is 60.7 Å². The van der Waals surface area contributed by atoms with E-state index in [1.165, 1.54) is 0 Å². The second-order valence-corrected chi connectivity index (χ2v) is 7.75. The highest BCUT2D eigenvalue weighted by Gasteiger charge is 2.00. The molecule has 0 bridgehead atoms. The Hall–Kier alpha value is -3.10. The molecule has 6 N–H and O–H groups in total. The van der Waals surface area contributed by atoms with Gasteiger partial charge in [-0.1, -0.05) is 68.1 Å². The third kappa shape index (κ3) is 14.9. The van der Waals surface area contributed by atoms with E-state index in [4.69, 9.17) is 0 Å². The molecule has 8 heteroatoms. The van der Waals surface area contributed by atoms with Crippen LogP contribution in [0, 0.1) is 0 Å². The van der Waals surface area contributed by atoms with Gasteiger partial charge in [-0.05, 0) is 56.6 Å². The van der Waals surface area contributed by atoms with Gasteiger partial charge in [0.25, 0.3) is 0 Å². The van der Waals surface area contributed by atoms with Crippen molar-refractivity contribution in [2.24, 2.45) is 0 Å². The van der Waals surface area contributed by atoms with Gasteiger partial charge in [0.1, 0.15) is 0 Å². The van der Waals surface area contributed by atoms with Gasteiger partial charge in [0, 0.05) is 26.2 Å². The molecule has 0 saturated carbocycles. The monoisotopic (exact) mass is 470 g/mol. The van der Waals surface area contributed by atoms with E-state index in [-0.39, 0.29) is 19.5 Å². The number of amides is 4. The summed E-state index contributed by atoms with van der Waals surface area (Å²) in [4.78, 5) is 23.5. The van der Waals surface area contributed by atoms with Crippen molar-refractivity contribution in [3.63, 3.8) is 0 Å². The van der Waals surface area contributed by atoms with Crippen molar-refractivity contribution in [2.45, 2.75) is 39.8 Å². The Bertz CT molecular complexity index is 708. The number of carbonyl (C=O) groups is 2. The van der Waals surface area contributed by atoms with Crippen LogP contribution >= 0.6 is 0 Å². The lowest BCUT2D eigenvalue weighted by Crippen LogP contribution is -2.36. The minimum Gasteiger partial charge on any atom is -0.338 e. The van der Waals surface area contributed by atoms with Crippen molar-refractivity contribution >= 4 is 12.1 Å². The van der Waals surface area contributed by atoms with E-state index in [1.54, 1.807) is 0 Å². The Morgan fingerprint density at radius 2 is 0.853 bits per heavy atom. The van der Waals surface area contributed by atoms with Crippen LogP contribution in [-0.2, 0) is 13.1 Å². The van der Waals surface area contributed by atoms with Gasteiger partial charge in [0.2, 0.25) is 0 Å². The fourth-order valence-electron chi connectivity index (χ4n) is 3.10. The minimum atomic E-state index is -0.133. The van der Waals surface area contributed by atoms with E-state index in [0.717, 1.165) is 56.6 Å². The molecule has 0 radical (unpaired) electrons. The van der Waals surface area contributed by atoms with Gasteiger partial charge in [-0.25, -0.2) is 9.59 Å². The average Bonchev–Trinajstić information content (AvgIpc) is 2.85. The van der Waals surface area contributed by atoms with E-state index < -0.39 is 0 Å². The molecule has 34 heavy (non-hydrogen) atoms. The van der Waals surface area contributed by atoms with Crippen LogP contribution in [0.3, 0.4) is 0 Å². The highest BCUT2D eigenvalue weighted by Crippen LogP contribution is 1.97. The molecule has 2 rings (SSSR count). The van der Waals surface area contributed by atoms with Crippen molar-refractivity contribution in [3.8, 4) is 0 Å². The summed E-state index contributed by atoms with van der Waals surface area (Å²) in [5, 5.41) is 18.2. The molecule has 0 aromatic heterocycles. The molecule has 0 heterocycles. The Morgan fingerprint density at radius 1 is 0.500 bits per heavy atom. The van der Waals surface area contributed by atoms with Crippen molar-refractivity contribution in [1.29, 1.82) is 0 Å². The molecule has 0 saturated heterocycles. The summed E-state index contributed by atoms with van der Waals surface area (Å²) in [6.07, 6.45) is 2.82. The maximum Gasteiger partial charge on any atom is 0.315 e. The SMILES string of the molecule is C.O=C(NCCCNCCCNCCCNC(=O)NCc1ccccc1)NCc1ccccc1. The second-order valence-electron chi connectivity index (χ2n) is 7.75. The maximum atomic E-state index is 11.7. The predicted octanol–water partition coefficient (Wildman–Crippen LogP) is 2.97. The molecule has 0 aliphatic rings. The first-order valence-electron chi connectivity index (χ1n) is 11.8. The lowest BCUT2D eigenvalue weighted by Gasteiger charge is -2.09. The molecular formula is C26H42N6O2. The van der Waals surface area contributed by atoms with Crippen molar-refractivity contribution in [3.05, 3.63) is 71.8 Å². The Balaban J connectivity index is 0.00000578. The zero-order chi connectivity index (χ0) is 23.4. The molecule has 8 nitrogen and oxygen atoms in total. The third-order valence-electron chi connectivity index (χ3n) is 4.93. The molecule has 2 aromatic carbocycles. The second kappa shape index (κ2) is 19.4. The van der Waals surface area contributed by atoms with Gasteiger partial charge in [-0.15, -0.1) is 0 Å². The van der Waals surface area contributed by atoms with Crippen LogP contribution in [0.2, 0.25) is 0 Å². The number of benzene rings is 2. The summed E-state index contributed by atoms with van der Waals surface area (Å²) < 4.78 is 0. The molecule has 0 aliphatic heterocycles. The fourth-order valence-corrected chi connectivity index (χ4v) is 3.10. The summed E-state index contributed by atoms with van der Waals surface area (Å²) in [7, 11) is 0. The van der Waals surface area contributed by atoms with Crippen LogP contribution in [0.15, 0.2) is 60.7 Å². The molecular weight excluding hydrogens is 428 g/mol. The summed E-state index contributed by atoms with van der Waals surface area (Å²) in [5.74, 6) is 0. The molecule has 188 valence electrons. The summed E-state index contributed by atoms with van der Waals surface area (Å²) in [6.45, 7) is 6.00. The molecule has 0 fully saturated rings. The van der Waals surface area contributed by atoms with Crippen LogP contribution in [0.25, 0.3) is 0 Å². The average molecular weight is 471 g/mol. The minimum absolute atomic E-state index is 0. The Kier molecular flexibility index (Phi) is 16.5. The van der Waals surface area contributed by atoms with Crippen LogP contribution in [-0.4, -0.2) is 51.3 Å². The zero-order valence-corrected chi connectivity index (χ0v) is 19.4. The smallest absolute Gasteiger partial charge is 0.315 e. The van der Waals surface area contributed by atoms with Gasteiger partial charge in [-0.2, -0.15) is 0 Å². The Labute approximate surface area is 204 Å². The zero-order valence-electron chi connectivity index (χ0n) is 19.4. The van der Waals surface area contributed by atoms with Crippen LogP contribution < -0.4 is 31.9 Å². The number of urea groups is 2. The van der Waals surface area contributed by atoms with Gasteiger partial charge in [0.05, 0.1) is 0 Å². The number of carbonyl (C=O) groups excluding carboxylic acids is 2. The third-order valence-corrected chi connectivity index (χ3v) is 4.93. The van der Waals surface area contributed by atoms with Gasteiger partial charge in [0.15, 0.2) is 0 Å². The van der Waals surface area contributed by atoms with Crippen LogP contribution in [0.4, 0.5) is 9.59 Å². The largest absolute Gasteiger partial charge is 0.338 e. The lowest BCUT2D eigenvalue weighted by molar-refractivity contribution is 0.239. The van der Waals surface area contributed by atoms with Crippen molar-refractivity contribution < 1.29 is 9.59 Å². The number of nitrogens with one attached hydrogen (secondary N) is 6. The molecule has 2 aromatic rings. The van der Waals surface area contributed by atoms with Gasteiger partial charge < -0.3 is 31.9 Å². The molecule has 0 unspecified atom stereocenters. The topological polar surface area (TPSA) is 106 Å². The summed E-state index contributed by atoms with van der Waals surface area (Å²) >= 11 is 0. The molecule has 0 spiro atoms. The first kappa shape index (κ1) is 28.9. The number of hydrogen-bond donors (Lipinski definition) is 6. The van der Waals surface area contributed by atoms with Crippen molar-refractivity contribution in [1.82, 2.24) is 31.9 Å². The maximum absolute atomic E-state index is 11.7. The number of hydrogen-bond acceptors (Lipinski definition) is 4. The normalized spacial score (nSPS) is 10.1. The molecule has 4 amide bonds. The van der Waals surface area contributed by atoms with E-state index >= 15 is 0 Å². The van der Waals surface area contributed by atoms with E-state index in [0.29, 0.717) is 26.2 Å². The fraction of sp³-hybridized carbons (Fsp3) is 0.462. The van der Waals surface area contributed by atoms with E-state index in [2.05, 4.69) is 31.9 Å². The highest BCUT2D eigenvalue weighted by atomic mass is 16.2. The van der Waals surface area contributed by atoms with Crippen LogP contribution in [0.5, 0.6) is 0 Å². The van der Waals surface area contributed by atoms with Gasteiger partial charge in [-0.3, -0.25) is 0 Å². The first-order valence-corrected chi connectivity index (χ1v) is 11.8. The Morgan fingerprint density at radius 3 is 1.24 bits per heavy atom. The quantitative estimate of drug-likeness (QED) is 0.212. The molecule has 0 atom stereocenters. The summed E-state index contributed by atoms with van der Waals surface area (Å²) in [6, 6.07) is 19.5. The number of rotatable bonds is 16. The highest BCUT2D eigenvalue weighted by molar-refractivity contribution is 5.74. The molecule has 0 aliphatic carbocycles. The first-order chi connectivity index (χ1) is 16.2. The van der Waals surface area contributed by atoms with Gasteiger partial charge >= 0.3 is 12.1 Å². The predicted molar refractivity (Wildman–Crippen MR) is 140 cm³/mol. The van der Waals surface area contributed by atoms with E-state index in [9.17, 15) is 9.59 Å². The standard InChI is InChI=1S/C25H38N6O2.CH4/c32-24(30-20-22-10-3-1-4-11-22)28-18-8-16-26-14-7-15-27-17-9-19-29-25(33)31-21-23-12-5-2-6-13-23;/h1-6,10-13,26-27H,7-9,14-21H2,(H2,28,30,32)(H2,29,31,33);1H4.